The fourth-order valence-corrected chi connectivity index (χ4v) is 2.11. The molecule has 0 bridgehead atoms. The lowest BCUT2D eigenvalue weighted by atomic mass is 10.1. The maximum Gasteiger partial charge on any atom is 0.294 e. The van der Waals surface area contributed by atoms with Crippen LogP contribution in [0.1, 0.15) is 24.2 Å². The van der Waals surface area contributed by atoms with Crippen molar-refractivity contribution in [2.45, 2.75) is 20.0 Å². The average molecular weight is 316 g/mol. The van der Waals surface area contributed by atoms with Gasteiger partial charge in [-0.2, -0.15) is 0 Å². The Balaban J connectivity index is 2.93. The zero-order valence-electron chi connectivity index (χ0n) is 12.1. The minimum absolute atomic E-state index is 0.120. The second kappa shape index (κ2) is 7.80. The van der Waals surface area contributed by atoms with Crippen LogP contribution in [0.4, 0.5) is 11.4 Å². The summed E-state index contributed by atoms with van der Waals surface area (Å²) in [5.41, 5.74) is 0.0725. The van der Waals surface area contributed by atoms with E-state index < -0.39 is 10.8 Å². The molecule has 0 spiro atoms. The molecule has 7 nitrogen and oxygen atoms in total. The quantitative estimate of drug-likeness (QED) is 0.595. The highest BCUT2D eigenvalue weighted by atomic mass is 35.5. The lowest BCUT2D eigenvalue weighted by molar-refractivity contribution is -0.383. The topological polar surface area (TPSA) is 93.5 Å². The van der Waals surface area contributed by atoms with Crippen LogP contribution in [0.3, 0.4) is 0 Å². The summed E-state index contributed by atoms with van der Waals surface area (Å²) >= 11 is 5.96. The molecule has 116 valence electrons. The molecular formula is C13H18ClN3O4. The van der Waals surface area contributed by atoms with Gasteiger partial charge in [-0.1, -0.05) is 11.6 Å². The van der Waals surface area contributed by atoms with E-state index in [0.29, 0.717) is 13.2 Å². The molecule has 0 aliphatic heterocycles. The molecule has 1 unspecified atom stereocenters. The van der Waals surface area contributed by atoms with Gasteiger partial charge in [0, 0.05) is 31.8 Å². The van der Waals surface area contributed by atoms with Crippen molar-refractivity contribution in [1.29, 1.82) is 0 Å². The molecule has 0 saturated carbocycles. The van der Waals surface area contributed by atoms with Gasteiger partial charge in [0.2, 0.25) is 0 Å². The van der Waals surface area contributed by atoms with Gasteiger partial charge in [-0.15, -0.1) is 0 Å². The van der Waals surface area contributed by atoms with E-state index >= 15 is 0 Å². The second-order valence-electron chi connectivity index (χ2n) is 4.34. The number of rotatable bonds is 7. The molecule has 0 aliphatic rings. The zero-order valence-corrected chi connectivity index (χ0v) is 12.9. The summed E-state index contributed by atoms with van der Waals surface area (Å²) in [6.07, 6.45) is -0.138. The molecule has 0 radical (unpaired) electrons. The Morgan fingerprint density at radius 2 is 2.19 bits per heavy atom. The van der Waals surface area contributed by atoms with Gasteiger partial charge >= 0.3 is 0 Å². The van der Waals surface area contributed by atoms with Gasteiger partial charge in [-0.05, 0) is 19.9 Å². The third-order valence-corrected chi connectivity index (χ3v) is 3.08. The van der Waals surface area contributed by atoms with E-state index in [-0.39, 0.29) is 28.1 Å². The number of carbonyl (C=O) groups is 1. The summed E-state index contributed by atoms with van der Waals surface area (Å²) in [5, 5.41) is 16.4. The minimum Gasteiger partial charge on any atom is -0.381 e. The van der Waals surface area contributed by atoms with Crippen LogP contribution in [-0.4, -0.2) is 37.1 Å². The Morgan fingerprint density at radius 1 is 1.52 bits per heavy atom. The van der Waals surface area contributed by atoms with Gasteiger partial charge in [-0.25, -0.2) is 0 Å². The molecule has 0 heterocycles. The van der Waals surface area contributed by atoms with Gasteiger partial charge in [-0.3, -0.25) is 14.9 Å². The Bertz CT molecular complexity index is 536. The summed E-state index contributed by atoms with van der Waals surface area (Å²) in [6, 6.07) is 2.58. The largest absolute Gasteiger partial charge is 0.381 e. The summed E-state index contributed by atoms with van der Waals surface area (Å²) in [7, 11) is 1.53. The number of amides is 1. The number of nitrogens with one attached hydrogen (secondary N) is 2. The highest BCUT2D eigenvalue weighted by Crippen LogP contribution is 2.33. The first kappa shape index (κ1) is 17.2. The van der Waals surface area contributed by atoms with Crippen molar-refractivity contribution in [3.63, 3.8) is 0 Å². The highest BCUT2D eigenvalue weighted by Gasteiger charge is 2.20. The molecule has 0 aliphatic carbocycles. The van der Waals surface area contributed by atoms with Gasteiger partial charge in [0.1, 0.15) is 5.69 Å². The summed E-state index contributed by atoms with van der Waals surface area (Å²) < 4.78 is 5.29. The average Bonchev–Trinajstić information content (AvgIpc) is 2.44. The lowest BCUT2D eigenvalue weighted by Crippen LogP contribution is -2.32. The number of anilines is 1. The number of halogens is 1. The second-order valence-corrected chi connectivity index (χ2v) is 4.74. The number of hydrogen-bond donors (Lipinski definition) is 2. The van der Waals surface area contributed by atoms with E-state index in [9.17, 15) is 14.9 Å². The van der Waals surface area contributed by atoms with Crippen molar-refractivity contribution in [2.24, 2.45) is 0 Å². The first-order valence-corrected chi connectivity index (χ1v) is 6.84. The molecule has 1 amide bonds. The van der Waals surface area contributed by atoms with Gasteiger partial charge in [0.15, 0.2) is 0 Å². The molecule has 1 atom stereocenters. The Labute approximate surface area is 127 Å². The SMILES string of the molecule is CCOC(C)CNC(=O)c1cc(Cl)c(NC)c([N+](=O)[O-])c1. The van der Waals surface area contributed by atoms with E-state index in [1.54, 1.807) is 0 Å². The van der Waals surface area contributed by atoms with Gasteiger partial charge in [0.25, 0.3) is 11.6 Å². The predicted octanol–water partition coefficient (Wildman–Crippen LogP) is 2.44. The van der Waals surface area contributed by atoms with Crippen LogP contribution < -0.4 is 10.6 Å². The Hall–Kier alpha value is -1.86. The number of nitro benzene ring substituents is 1. The number of nitro groups is 1. The summed E-state index contributed by atoms with van der Waals surface area (Å²) in [6.45, 7) is 4.54. The molecule has 8 heteroatoms. The third-order valence-electron chi connectivity index (χ3n) is 2.78. The number of hydrogen-bond acceptors (Lipinski definition) is 5. The van der Waals surface area contributed by atoms with E-state index in [0.717, 1.165) is 0 Å². The summed E-state index contributed by atoms with van der Waals surface area (Å²) in [4.78, 5) is 22.4. The minimum atomic E-state index is -0.586. The van der Waals surface area contributed by atoms with Crippen LogP contribution in [0, 0.1) is 10.1 Å². The van der Waals surface area contributed by atoms with Crippen molar-refractivity contribution in [1.82, 2.24) is 5.32 Å². The van der Waals surface area contributed by atoms with Crippen molar-refractivity contribution in [3.8, 4) is 0 Å². The smallest absolute Gasteiger partial charge is 0.294 e. The van der Waals surface area contributed by atoms with Gasteiger partial charge in [0.05, 0.1) is 16.0 Å². The van der Waals surface area contributed by atoms with Crippen LogP contribution in [0.2, 0.25) is 5.02 Å². The molecule has 0 aromatic heterocycles. The molecule has 21 heavy (non-hydrogen) atoms. The molecule has 1 aromatic carbocycles. The monoisotopic (exact) mass is 315 g/mol. The number of benzene rings is 1. The van der Waals surface area contributed by atoms with Crippen LogP contribution in [0.25, 0.3) is 0 Å². The lowest BCUT2D eigenvalue weighted by Gasteiger charge is -2.13. The Morgan fingerprint density at radius 3 is 2.71 bits per heavy atom. The summed E-state index contributed by atoms with van der Waals surface area (Å²) in [5.74, 6) is -0.436. The highest BCUT2D eigenvalue weighted by molar-refractivity contribution is 6.34. The van der Waals surface area contributed by atoms with Crippen molar-refractivity contribution in [2.75, 3.05) is 25.5 Å². The standard InChI is InChI=1S/C13H18ClN3O4/c1-4-21-8(2)7-16-13(18)9-5-10(14)12(15-3)11(6-9)17(19)20/h5-6,8,15H,4,7H2,1-3H3,(H,16,18). The fraction of sp³-hybridized carbons (Fsp3) is 0.462. The molecule has 1 aromatic rings. The first-order valence-electron chi connectivity index (χ1n) is 6.46. The van der Waals surface area contributed by atoms with E-state index in [1.807, 2.05) is 13.8 Å². The van der Waals surface area contributed by atoms with E-state index in [4.69, 9.17) is 16.3 Å². The van der Waals surface area contributed by atoms with Crippen LogP contribution in [0.5, 0.6) is 0 Å². The van der Waals surface area contributed by atoms with Crippen molar-refractivity contribution < 1.29 is 14.5 Å². The Kier molecular flexibility index (Phi) is 6.39. The molecule has 0 saturated heterocycles. The van der Waals surface area contributed by atoms with Crippen LogP contribution in [0.15, 0.2) is 12.1 Å². The maximum absolute atomic E-state index is 12.0. The van der Waals surface area contributed by atoms with Crippen molar-refractivity contribution in [3.05, 3.63) is 32.8 Å². The normalized spacial score (nSPS) is 11.8. The molecular weight excluding hydrogens is 298 g/mol. The third kappa shape index (κ3) is 4.57. The molecule has 2 N–H and O–H groups in total. The van der Waals surface area contributed by atoms with E-state index in [1.165, 1.54) is 19.2 Å². The number of ether oxygens (including phenoxy) is 1. The molecule has 1 rings (SSSR count). The number of nitrogens with zero attached hydrogens (tertiary/aromatic N) is 1. The number of carbonyl (C=O) groups excluding carboxylic acids is 1. The van der Waals surface area contributed by atoms with Crippen LogP contribution in [-0.2, 0) is 4.74 Å². The van der Waals surface area contributed by atoms with Crippen molar-refractivity contribution >= 4 is 28.9 Å². The zero-order chi connectivity index (χ0) is 16.0. The first-order chi connectivity index (χ1) is 9.90. The predicted molar refractivity (Wildman–Crippen MR) is 81.1 cm³/mol. The van der Waals surface area contributed by atoms with Gasteiger partial charge < -0.3 is 15.4 Å². The maximum atomic E-state index is 12.0. The fourth-order valence-electron chi connectivity index (χ4n) is 1.80. The molecule has 0 fully saturated rings. The van der Waals surface area contributed by atoms with Crippen LogP contribution >= 0.6 is 11.6 Å². The van der Waals surface area contributed by atoms with E-state index in [2.05, 4.69) is 10.6 Å².